The van der Waals surface area contributed by atoms with Crippen LogP contribution in [0.5, 0.6) is 0 Å². The number of nitrogens with one attached hydrogen (secondary N) is 1. The van der Waals surface area contributed by atoms with Gasteiger partial charge in [0.2, 0.25) is 0 Å². The number of hydrogen-bond acceptors (Lipinski definition) is 14. The summed E-state index contributed by atoms with van der Waals surface area (Å²) in [5, 5.41) is 12.4. The zero-order valence-corrected chi connectivity index (χ0v) is 35.2. The minimum atomic E-state index is -3.88. The molecule has 2 heterocycles. The summed E-state index contributed by atoms with van der Waals surface area (Å²) in [7, 11) is -1.92. The molecule has 1 aromatic heterocycles. The Balaban J connectivity index is 1.29. The Morgan fingerprint density at radius 3 is 2.33 bits per heavy atom. The van der Waals surface area contributed by atoms with Gasteiger partial charge in [-0.25, -0.2) is 22.7 Å². The average molecular weight is 844 g/mol. The zero-order valence-electron chi connectivity index (χ0n) is 33.5. The van der Waals surface area contributed by atoms with Crippen molar-refractivity contribution in [1.82, 2.24) is 14.2 Å². The van der Waals surface area contributed by atoms with E-state index in [1.165, 1.54) is 29.0 Å². The van der Waals surface area contributed by atoms with Crippen molar-refractivity contribution in [2.24, 2.45) is 0 Å². The Bertz CT molecular complexity index is 2290. The number of H-pyrrole nitrogens is 1. The zero-order chi connectivity index (χ0) is 42.3. The smallest absolute Gasteiger partial charge is 0.433 e. The molecule has 1 fully saturated rings. The normalized spacial score (nSPS) is 17.6. The highest BCUT2D eigenvalue weighted by Crippen LogP contribution is 2.50. The number of sulfone groups is 1. The summed E-state index contributed by atoms with van der Waals surface area (Å²) in [4.78, 5) is 52.9. The second kappa shape index (κ2) is 19.4. The fourth-order valence-corrected chi connectivity index (χ4v) is 9.74. The van der Waals surface area contributed by atoms with Gasteiger partial charge < -0.3 is 28.2 Å². The van der Waals surface area contributed by atoms with Gasteiger partial charge in [-0.1, -0.05) is 36.4 Å². The molecule has 1 aliphatic rings. The molecule has 0 spiro atoms. The van der Waals surface area contributed by atoms with E-state index < -0.39 is 71.5 Å². The van der Waals surface area contributed by atoms with Gasteiger partial charge in [0, 0.05) is 73.0 Å². The number of aromatic nitrogens is 2. The highest BCUT2D eigenvalue weighted by molar-refractivity contribution is 7.91. The minimum absolute atomic E-state index is 0.0180. The van der Waals surface area contributed by atoms with E-state index in [9.17, 15) is 32.9 Å². The van der Waals surface area contributed by atoms with Crippen molar-refractivity contribution in [3.63, 3.8) is 0 Å². The molecule has 3 aromatic carbocycles. The van der Waals surface area contributed by atoms with Crippen molar-refractivity contribution in [2.45, 2.75) is 82.9 Å². The predicted molar refractivity (Wildman–Crippen MR) is 219 cm³/mol. The van der Waals surface area contributed by atoms with E-state index in [0.29, 0.717) is 11.8 Å². The lowest BCUT2D eigenvalue weighted by Crippen LogP contribution is -2.37. The topological polar surface area (TPSA) is 202 Å². The van der Waals surface area contributed by atoms with Crippen molar-refractivity contribution in [3.8, 4) is 0 Å². The molecule has 1 aliphatic heterocycles. The summed E-state index contributed by atoms with van der Waals surface area (Å²) in [5.41, 5.74) is 0.712. The number of rotatable bonds is 18. The van der Waals surface area contributed by atoms with Crippen LogP contribution >= 0.6 is 8.53 Å². The van der Waals surface area contributed by atoms with E-state index in [2.05, 4.69) is 9.65 Å². The van der Waals surface area contributed by atoms with Crippen molar-refractivity contribution < 1.29 is 41.4 Å². The molecule has 314 valence electrons. The Labute approximate surface area is 337 Å². The second-order valence-electron chi connectivity index (χ2n) is 14.6. The van der Waals surface area contributed by atoms with E-state index >= 15 is 0 Å². The van der Waals surface area contributed by atoms with Gasteiger partial charge in [0.1, 0.15) is 25.5 Å². The minimum Gasteiger partial charge on any atom is -0.433 e. The third kappa shape index (κ3) is 10.9. The predicted octanol–water partition coefficient (Wildman–Crippen LogP) is 5.88. The first-order valence-corrected chi connectivity index (χ1v) is 21.5. The van der Waals surface area contributed by atoms with E-state index in [4.69, 9.17) is 23.3 Å². The molecule has 4 aromatic rings. The number of anilines is 1. The fourth-order valence-electron chi connectivity index (χ4n) is 6.66. The summed E-state index contributed by atoms with van der Waals surface area (Å²) in [6.07, 6.45) is -1.84. The fraction of sp³-hybridized carbons (Fsp3) is 0.462. The van der Waals surface area contributed by atoms with Gasteiger partial charge in [-0.05, 0) is 58.7 Å². The quantitative estimate of drug-likeness (QED) is 0.0539. The van der Waals surface area contributed by atoms with Gasteiger partial charge in [-0.3, -0.25) is 24.5 Å². The van der Waals surface area contributed by atoms with Crippen molar-refractivity contribution in [2.75, 3.05) is 44.6 Å². The van der Waals surface area contributed by atoms with Crippen molar-refractivity contribution in [3.05, 3.63) is 109 Å². The number of hydrogen-bond donors (Lipinski definition) is 1. The highest BCUT2D eigenvalue weighted by Gasteiger charge is 2.42. The molecular weight excluding hydrogens is 793 g/mol. The second-order valence-corrected chi connectivity index (χ2v) is 18.0. The lowest BCUT2D eigenvalue weighted by atomic mass is 10.1. The standard InChI is InChI=1S/C39H50N5O12PS/c1-25(2)43(26(3)4)57(54-19-18-28-14-16-29(17-15-28)44(48)49)56-33-22-36(42-23-27(5)37(45)40-38(42)46)55-34(33)24-53-39(47)52-20-21-58(50,51)35-13-9-10-30-31(35)11-8-12-32(30)41(6)7/h8-17,23,25-26,33-34,36H,18-22,24H2,1-7H3,(H,40,45,46)/t33-,34+,36+,57?/m0/s1. The van der Waals surface area contributed by atoms with Crippen LogP contribution in [0.25, 0.3) is 10.8 Å². The summed E-state index contributed by atoms with van der Waals surface area (Å²) in [6, 6.07) is 16.6. The molecule has 0 amide bonds. The Morgan fingerprint density at radius 1 is 1.00 bits per heavy atom. The first-order chi connectivity index (χ1) is 27.5. The number of nitro benzene ring substituents is 1. The number of benzene rings is 3. The van der Waals surface area contributed by atoms with Crippen LogP contribution in [0.1, 0.15) is 51.5 Å². The number of ether oxygens (including phenoxy) is 3. The Hall–Kier alpha value is -4.71. The van der Waals surface area contributed by atoms with Crippen LogP contribution in [0.3, 0.4) is 0 Å². The van der Waals surface area contributed by atoms with Crippen LogP contribution in [0, 0.1) is 17.0 Å². The molecule has 0 bridgehead atoms. The lowest BCUT2D eigenvalue weighted by Gasteiger charge is -2.37. The molecule has 17 nitrogen and oxygen atoms in total. The molecule has 0 saturated carbocycles. The van der Waals surface area contributed by atoms with Crippen LogP contribution in [-0.2, 0) is 39.5 Å². The van der Waals surface area contributed by atoms with Crippen LogP contribution in [0.2, 0.25) is 0 Å². The van der Waals surface area contributed by atoms with E-state index in [-0.39, 0.29) is 47.9 Å². The molecule has 1 N–H and O–H groups in total. The van der Waals surface area contributed by atoms with Crippen molar-refractivity contribution >= 4 is 46.7 Å². The number of aryl methyl sites for hydroxylation is 1. The number of aromatic amines is 1. The van der Waals surface area contributed by atoms with Crippen molar-refractivity contribution in [1.29, 1.82) is 0 Å². The maximum absolute atomic E-state index is 13.4. The van der Waals surface area contributed by atoms with Gasteiger partial charge in [-0.2, -0.15) is 0 Å². The molecule has 4 atom stereocenters. The molecule has 0 aliphatic carbocycles. The SMILES string of the molecule is Cc1cn([C@H]2C[C@H](OP(OCCc3ccc([N+](=O)[O-])cc3)N(C(C)C)C(C)C)[C@@H](COC(=O)OCCS(=O)(=O)c3cccc4c(N(C)C)cccc34)O2)c(=O)[nH]c1=O. The third-order valence-electron chi connectivity index (χ3n) is 9.46. The van der Waals surface area contributed by atoms with Crippen LogP contribution in [0.4, 0.5) is 16.2 Å². The number of carbonyl (C=O) groups excluding carboxylic acids is 1. The lowest BCUT2D eigenvalue weighted by molar-refractivity contribution is -0.384. The molecular formula is C39H50N5O12PS. The van der Waals surface area contributed by atoms with Gasteiger partial charge in [0.05, 0.1) is 28.3 Å². The number of nitrogens with zero attached hydrogens (tertiary/aromatic N) is 4. The van der Waals surface area contributed by atoms with E-state index in [1.807, 2.05) is 58.8 Å². The maximum Gasteiger partial charge on any atom is 0.508 e. The van der Waals surface area contributed by atoms with E-state index in [1.54, 1.807) is 37.3 Å². The molecule has 1 unspecified atom stereocenters. The summed E-state index contributed by atoms with van der Waals surface area (Å²) in [6.45, 7) is 8.88. The summed E-state index contributed by atoms with van der Waals surface area (Å²) in [5.74, 6) is -0.489. The molecule has 5 rings (SSSR count). The van der Waals surface area contributed by atoms with Gasteiger partial charge in [0.25, 0.3) is 19.8 Å². The van der Waals surface area contributed by atoms with Gasteiger partial charge >= 0.3 is 11.8 Å². The largest absolute Gasteiger partial charge is 0.508 e. The van der Waals surface area contributed by atoms with Gasteiger partial charge in [-0.15, -0.1) is 0 Å². The number of carbonyl (C=O) groups is 1. The first-order valence-electron chi connectivity index (χ1n) is 18.8. The average Bonchev–Trinajstić information content (AvgIpc) is 3.56. The molecule has 58 heavy (non-hydrogen) atoms. The number of non-ortho nitro benzene ring substituents is 1. The summed E-state index contributed by atoms with van der Waals surface area (Å²) < 4.78 is 60.1. The van der Waals surface area contributed by atoms with Crippen LogP contribution < -0.4 is 16.1 Å². The Kier molecular flexibility index (Phi) is 14.8. The third-order valence-corrected chi connectivity index (χ3v) is 13.3. The van der Waals surface area contributed by atoms with Crippen LogP contribution in [-0.4, -0.2) is 97.7 Å². The monoisotopic (exact) mass is 843 g/mol. The maximum atomic E-state index is 13.4. The summed E-state index contributed by atoms with van der Waals surface area (Å²) >= 11 is 0. The molecule has 1 saturated heterocycles. The highest BCUT2D eigenvalue weighted by atomic mass is 32.2. The molecule has 19 heteroatoms. The number of nitro groups is 1. The Morgan fingerprint density at radius 2 is 1.67 bits per heavy atom. The molecule has 0 radical (unpaired) electrons. The van der Waals surface area contributed by atoms with E-state index in [0.717, 1.165) is 16.6 Å². The van der Waals surface area contributed by atoms with Gasteiger partial charge in [0.15, 0.2) is 9.84 Å². The first kappa shape index (κ1) is 44.4. The number of fused-ring (bicyclic) bond motifs is 1. The van der Waals surface area contributed by atoms with Crippen LogP contribution in [0.15, 0.2) is 81.3 Å².